The molecule has 0 spiro atoms. The number of ketones is 1. The Kier molecular flexibility index (Phi) is 8.82. The van der Waals surface area contributed by atoms with E-state index in [1.54, 1.807) is 13.0 Å². The number of aliphatic hydroxyl groups is 1. The van der Waals surface area contributed by atoms with Gasteiger partial charge in [0, 0.05) is 55.4 Å². The molecule has 1 aliphatic rings. The molecule has 0 aliphatic carbocycles. The normalized spacial score (nSPS) is 15.0. The van der Waals surface area contributed by atoms with Crippen LogP contribution < -0.4 is 5.32 Å². The number of fused-ring (bicyclic) bond motifs is 1. The first kappa shape index (κ1) is 27.0. The summed E-state index contributed by atoms with van der Waals surface area (Å²) in [6.45, 7) is 3.42. The molecule has 1 amide bonds. The number of aromatic nitrogens is 1. The summed E-state index contributed by atoms with van der Waals surface area (Å²) in [6.07, 6.45) is 0.189. The number of H-pyrrole nitrogens is 1. The predicted molar refractivity (Wildman–Crippen MR) is 139 cm³/mol. The Morgan fingerprint density at radius 1 is 1.08 bits per heavy atom. The zero-order valence-corrected chi connectivity index (χ0v) is 21.0. The Labute approximate surface area is 219 Å². The molecule has 0 bridgehead atoms. The smallest absolute Gasteiger partial charge is 0.307 e. The standard InChI is InChI=1S/C27H30FN5O5/c1-2-38-22(34)11-12-29-27(37)31-25(18-7-4-3-5-8-18)32-13-15-33(16-14-32)26(36)24(35)19-17-30-21-10-6-9-20(28)23(19)21/h3-10,17,27,29-30,37H,2,11-16H2,1H3. The van der Waals surface area contributed by atoms with E-state index in [1.165, 1.54) is 23.2 Å². The average Bonchev–Trinajstić information content (AvgIpc) is 3.37. The molecule has 1 unspecified atom stereocenters. The molecule has 1 fully saturated rings. The number of carbonyl (C=O) groups is 3. The van der Waals surface area contributed by atoms with Crippen molar-refractivity contribution in [3.8, 4) is 0 Å². The number of Topliss-reactive ketones (excluding diaryl/α,β-unsaturated/α-hetero) is 1. The highest BCUT2D eigenvalue weighted by Gasteiger charge is 2.30. The highest BCUT2D eigenvalue weighted by Crippen LogP contribution is 2.23. The number of ether oxygens (including phenoxy) is 1. The van der Waals surface area contributed by atoms with E-state index in [1.807, 2.05) is 35.2 Å². The number of nitrogens with zero attached hydrogens (tertiary/aromatic N) is 3. The third-order valence-corrected chi connectivity index (χ3v) is 6.20. The first-order valence-electron chi connectivity index (χ1n) is 12.4. The molecule has 1 aromatic heterocycles. The van der Waals surface area contributed by atoms with Crippen molar-refractivity contribution in [1.29, 1.82) is 0 Å². The molecule has 2 aromatic carbocycles. The van der Waals surface area contributed by atoms with Crippen molar-refractivity contribution in [3.05, 3.63) is 71.7 Å². The number of rotatable bonds is 9. The highest BCUT2D eigenvalue weighted by molar-refractivity contribution is 6.44. The lowest BCUT2D eigenvalue weighted by molar-refractivity contribution is -0.143. The van der Waals surface area contributed by atoms with Gasteiger partial charge in [0.05, 0.1) is 18.6 Å². The molecule has 3 aromatic rings. The van der Waals surface area contributed by atoms with Crippen LogP contribution in [0.25, 0.3) is 10.9 Å². The summed E-state index contributed by atoms with van der Waals surface area (Å²) >= 11 is 0. The average molecular weight is 524 g/mol. The molecule has 10 nitrogen and oxygen atoms in total. The Bertz CT molecular complexity index is 1320. The molecular weight excluding hydrogens is 493 g/mol. The van der Waals surface area contributed by atoms with Crippen molar-refractivity contribution in [3.63, 3.8) is 0 Å². The number of nitrogens with one attached hydrogen (secondary N) is 2. The number of hydrogen-bond acceptors (Lipinski definition) is 7. The van der Waals surface area contributed by atoms with Crippen LogP contribution in [0.5, 0.6) is 0 Å². The van der Waals surface area contributed by atoms with Crippen LogP contribution in [0.1, 0.15) is 29.3 Å². The number of halogens is 1. The Morgan fingerprint density at radius 2 is 1.79 bits per heavy atom. The van der Waals surface area contributed by atoms with Crippen molar-refractivity contribution in [2.24, 2.45) is 4.99 Å². The second-order valence-electron chi connectivity index (χ2n) is 8.67. The topological polar surface area (TPSA) is 127 Å². The molecule has 200 valence electrons. The largest absolute Gasteiger partial charge is 0.466 e. The number of aliphatic hydroxyl groups excluding tert-OH is 1. The van der Waals surface area contributed by atoms with E-state index in [2.05, 4.69) is 15.3 Å². The van der Waals surface area contributed by atoms with Crippen molar-refractivity contribution < 1.29 is 28.6 Å². The van der Waals surface area contributed by atoms with Crippen LogP contribution in [0.15, 0.2) is 59.7 Å². The first-order valence-corrected chi connectivity index (χ1v) is 12.4. The summed E-state index contributed by atoms with van der Waals surface area (Å²) in [5, 5.41) is 13.4. The SMILES string of the molecule is CCOC(=O)CCNC(O)N=C(c1ccccc1)N1CCN(C(=O)C(=O)c2c[nH]c3cccc(F)c23)CC1. The van der Waals surface area contributed by atoms with Gasteiger partial charge in [-0.1, -0.05) is 36.4 Å². The second kappa shape index (κ2) is 12.4. The van der Waals surface area contributed by atoms with E-state index < -0.39 is 23.9 Å². The second-order valence-corrected chi connectivity index (χ2v) is 8.67. The van der Waals surface area contributed by atoms with Crippen LogP contribution in [0, 0.1) is 5.82 Å². The number of amidine groups is 1. The summed E-state index contributed by atoms with van der Waals surface area (Å²) < 4.78 is 19.2. The molecule has 3 N–H and O–H groups in total. The monoisotopic (exact) mass is 523 g/mol. The Balaban J connectivity index is 1.42. The van der Waals surface area contributed by atoms with Gasteiger partial charge in [0.2, 0.25) is 6.35 Å². The number of piperazine rings is 1. The van der Waals surface area contributed by atoms with Crippen LogP contribution in [-0.4, -0.2) is 89.1 Å². The number of aromatic amines is 1. The number of carbonyl (C=O) groups excluding carboxylic acids is 3. The van der Waals surface area contributed by atoms with Gasteiger partial charge in [0.15, 0.2) is 0 Å². The minimum Gasteiger partial charge on any atom is -0.466 e. The van der Waals surface area contributed by atoms with Gasteiger partial charge in [-0.05, 0) is 19.1 Å². The van der Waals surface area contributed by atoms with E-state index in [9.17, 15) is 23.9 Å². The predicted octanol–water partition coefficient (Wildman–Crippen LogP) is 1.90. The van der Waals surface area contributed by atoms with E-state index in [-0.39, 0.29) is 49.6 Å². The maximum Gasteiger partial charge on any atom is 0.307 e. The van der Waals surface area contributed by atoms with E-state index in [0.717, 1.165) is 5.56 Å². The zero-order chi connectivity index (χ0) is 27.1. The fourth-order valence-corrected chi connectivity index (χ4v) is 4.32. The van der Waals surface area contributed by atoms with Crippen LogP contribution in [0.4, 0.5) is 4.39 Å². The van der Waals surface area contributed by atoms with Crippen molar-refractivity contribution >= 4 is 34.4 Å². The Hall–Kier alpha value is -4.09. The van der Waals surface area contributed by atoms with Crippen molar-refractivity contribution in [2.75, 3.05) is 39.3 Å². The van der Waals surface area contributed by atoms with Gasteiger partial charge in [0.1, 0.15) is 11.7 Å². The van der Waals surface area contributed by atoms with Gasteiger partial charge in [-0.25, -0.2) is 9.38 Å². The summed E-state index contributed by atoms with van der Waals surface area (Å²) in [5.41, 5.74) is 1.22. The van der Waals surface area contributed by atoms with Crippen LogP contribution in [-0.2, 0) is 14.3 Å². The minimum absolute atomic E-state index is 0.00841. The van der Waals surface area contributed by atoms with Gasteiger partial charge in [-0.2, -0.15) is 0 Å². The number of aliphatic imine (C=N–C) groups is 1. The van der Waals surface area contributed by atoms with Gasteiger partial charge < -0.3 is 24.6 Å². The molecule has 11 heteroatoms. The lowest BCUT2D eigenvalue weighted by Crippen LogP contribution is -2.52. The summed E-state index contributed by atoms with van der Waals surface area (Å²) in [4.78, 5) is 48.1. The van der Waals surface area contributed by atoms with Gasteiger partial charge in [-0.3, -0.25) is 19.7 Å². The Morgan fingerprint density at radius 3 is 2.50 bits per heavy atom. The molecule has 4 rings (SSSR count). The molecule has 1 saturated heterocycles. The fourth-order valence-electron chi connectivity index (χ4n) is 4.32. The van der Waals surface area contributed by atoms with Crippen LogP contribution in [0.3, 0.4) is 0 Å². The molecule has 0 radical (unpaired) electrons. The number of amides is 1. The highest BCUT2D eigenvalue weighted by atomic mass is 19.1. The zero-order valence-electron chi connectivity index (χ0n) is 21.0. The molecular formula is C27H30FN5O5. The first-order chi connectivity index (χ1) is 18.4. The summed E-state index contributed by atoms with van der Waals surface area (Å²) in [6, 6.07) is 13.7. The van der Waals surface area contributed by atoms with E-state index in [4.69, 9.17) is 4.74 Å². The maximum atomic E-state index is 14.3. The van der Waals surface area contributed by atoms with E-state index >= 15 is 0 Å². The van der Waals surface area contributed by atoms with Gasteiger partial charge in [0.25, 0.3) is 11.7 Å². The molecule has 1 aliphatic heterocycles. The lowest BCUT2D eigenvalue weighted by atomic mass is 10.1. The van der Waals surface area contributed by atoms with Gasteiger partial charge >= 0.3 is 5.97 Å². The minimum atomic E-state index is -1.27. The quantitative estimate of drug-likeness (QED) is 0.0976. The van der Waals surface area contributed by atoms with Crippen molar-refractivity contribution in [2.45, 2.75) is 19.7 Å². The number of esters is 1. The fraction of sp³-hybridized carbons (Fsp3) is 0.333. The van der Waals surface area contributed by atoms with Crippen LogP contribution in [0.2, 0.25) is 0 Å². The molecule has 38 heavy (non-hydrogen) atoms. The molecule has 1 atom stereocenters. The van der Waals surface area contributed by atoms with Gasteiger partial charge in [-0.15, -0.1) is 0 Å². The maximum absolute atomic E-state index is 14.3. The van der Waals surface area contributed by atoms with Crippen LogP contribution >= 0.6 is 0 Å². The number of benzene rings is 2. The third kappa shape index (κ3) is 6.24. The molecule has 0 saturated carbocycles. The number of hydrogen-bond donors (Lipinski definition) is 3. The molecule has 2 heterocycles. The summed E-state index contributed by atoms with van der Waals surface area (Å²) in [5.74, 6) is -1.90. The third-order valence-electron chi connectivity index (χ3n) is 6.20. The lowest BCUT2D eigenvalue weighted by Gasteiger charge is -2.36. The van der Waals surface area contributed by atoms with Crippen molar-refractivity contribution in [1.82, 2.24) is 20.1 Å². The summed E-state index contributed by atoms with van der Waals surface area (Å²) in [7, 11) is 0. The van der Waals surface area contributed by atoms with E-state index in [0.29, 0.717) is 24.4 Å².